The fourth-order valence-electron chi connectivity index (χ4n) is 2.45. The van der Waals surface area contributed by atoms with Crippen molar-refractivity contribution in [1.82, 2.24) is 9.55 Å². The van der Waals surface area contributed by atoms with Crippen LogP contribution in [0.1, 0.15) is 11.1 Å². The van der Waals surface area contributed by atoms with Crippen LogP contribution in [-0.2, 0) is 0 Å². The van der Waals surface area contributed by atoms with Crippen molar-refractivity contribution in [1.29, 1.82) is 0 Å². The van der Waals surface area contributed by atoms with E-state index >= 15 is 0 Å². The van der Waals surface area contributed by atoms with Crippen LogP contribution in [0.15, 0.2) is 30.3 Å². The Balaban J connectivity index is 2.37. The predicted molar refractivity (Wildman–Crippen MR) is 81.5 cm³/mol. The summed E-state index contributed by atoms with van der Waals surface area (Å²) in [7, 11) is 1.61. The summed E-state index contributed by atoms with van der Waals surface area (Å²) in [5, 5.41) is 0. The van der Waals surface area contributed by atoms with E-state index in [1.807, 2.05) is 25.1 Å². The highest BCUT2D eigenvalue weighted by molar-refractivity contribution is 5.82. The standard InChI is InChI=1S/C16H16FN3O/c1-9-4-5-15(21-3)14(6-9)20-13-7-10(2)11(17)8-12(13)19-16(20)18/h4-8H,1-3H3,(H2,18,19). The molecule has 3 rings (SSSR count). The number of nitrogens with zero attached hydrogens (tertiary/aromatic N) is 2. The molecule has 0 aliphatic heterocycles. The van der Waals surface area contributed by atoms with E-state index in [1.54, 1.807) is 24.7 Å². The second kappa shape index (κ2) is 4.77. The minimum absolute atomic E-state index is 0.289. The number of ether oxygens (including phenoxy) is 1. The number of methoxy groups -OCH3 is 1. The molecule has 0 saturated carbocycles. The molecule has 0 amide bonds. The molecule has 0 bridgehead atoms. The fraction of sp³-hybridized carbons (Fsp3) is 0.188. The van der Waals surface area contributed by atoms with Crippen molar-refractivity contribution in [3.63, 3.8) is 0 Å². The van der Waals surface area contributed by atoms with Crippen LogP contribution < -0.4 is 10.5 Å². The van der Waals surface area contributed by atoms with E-state index in [-0.39, 0.29) is 5.82 Å². The van der Waals surface area contributed by atoms with Crippen LogP contribution in [-0.4, -0.2) is 16.7 Å². The Bertz CT molecular complexity index is 839. The molecule has 2 aromatic carbocycles. The first-order valence-electron chi connectivity index (χ1n) is 6.60. The molecule has 0 aliphatic carbocycles. The summed E-state index contributed by atoms with van der Waals surface area (Å²) in [5.41, 5.74) is 9.74. The number of fused-ring (bicyclic) bond motifs is 1. The van der Waals surface area contributed by atoms with E-state index in [2.05, 4.69) is 4.98 Å². The second-order valence-electron chi connectivity index (χ2n) is 5.07. The smallest absolute Gasteiger partial charge is 0.206 e. The van der Waals surface area contributed by atoms with E-state index in [4.69, 9.17) is 10.5 Å². The quantitative estimate of drug-likeness (QED) is 0.785. The zero-order chi connectivity index (χ0) is 15.1. The second-order valence-corrected chi connectivity index (χ2v) is 5.07. The topological polar surface area (TPSA) is 53.1 Å². The molecule has 5 heteroatoms. The number of aromatic nitrogens is 2. The van der Waals surface area contributed by atoms with Gasteiger partial charge in [-0.25, -0.2) is 9.37 Å². The third-order valence-corrected chi connectivity index (χ3v) is 3.54. The normalized spacial score (nSPS) is 11.0. The average molecular weight is 285 g/mol. The summed E-state index contributed by atoms with van der Waals surface area (Å²) in [4.78, 5) is 4.24. The van der Waals surface area contributed by atoms with E-state index in [0.717, 1.165) is 16.8 Å². The van der Waals surface area contributed by atoms with Crippen molar-refractivity contribution in [2.75, 3.05) is 12.8 Å². The van der Waals surface area contributed by atoms with E-state index in [1.165, 1.54) is 6.07 Å². The average Bonchev–Trinajstić information content (AvgIpc) is 2.74. The molecule has 21 heavy (non-hydrogen) atoms. The van der Waals surface area contributed by atoms with Gasteiger partial charge in [0.1, 0.15) is 11.6 Å². The molecule has 0 unspecified atom stereocenters. The highest BCUT2D eigenvalue weighted by Crippen LogP contribution is 2.31. The van der Waals surface area contributed by atoms with Crippen LogP contribution in [0, 0.1) is 19.7 Å². The number of nitrogens with two attached hydrogens (primary N) is 1. The monoisotopic (exact) mass is 285 g/mol. The van der Waals surface area contributed by atoms with Crippen molar-refractivity contribution in [3.8, 4) is 11.4 Å². The summed E-state index contributed by atoms with van der Waals surface area (Å²) in [6, 6.07) is 8.96. The Morgan fingerprint density at radius 2 is 1.95 bits per heavy atom. The van der Waals surface area contributed by atoms with Crippen LogP contribution in [0.25, 0.3) is 16.7 Å². The Morgan fingerprint density at radius 1 is 1.19 bits per heavy atom. The zero-order valence-corrected chi connectivity index (χ0v) is 12.1. The third kappa shape index (κ3) is 2.11. The van der Waals surface area contributed by atoms with Gasteiger partial charge in [-0.15, -0.1) is 0 Å². The number of hydrogen-bond acceptors (Lipinski definition) is 3. The van der Waals surface area contributed by atoms with Crippen LogP contribution in [0.3, 0.4) is 0 Å². The summed E-state index contributed by atoms with van der Waals surface area (Å²) in [6.45, 7) is 3.71. The van der Waals surface area contributed by atoms with Crippen LogP contribution in [0.2, 0.25) is 0 Å². The first-order valence-corrected chi connectivity index (χ1v) is 6.60. The molecular formula is C16H16FN3O. The van der Waals surface area contributed by atoms with Crippen LogP contribution in [0.5, 0.6) is 5.75 Å². The Morgan fingerprint density at radius 3 is 2.67 bits per heavy atom. The highest BCUT2D eigenvalue weighted by atomic mass is 19.1. The van der Waals surface area contributed by atoms with Gasteiger partial charge in [0.2, 0.25) is 5.95 Å². The van der Waals surface area contributed by atoms with Gasteiger partial charge in [0, 0.05) is 6.07 Å². The number of anilines is 1. The number of halogens is 1. The Kier molecular flexibility index (Phi) is 3.05. The minimum Gasteiger partial charge on any atom is -0.495 e. The van der Waals surface area contributed by atoms with Crippen molar-refractivity contribution >= 4 is 17.0 Å². The van der Waals surface area contributed by atoms with Gasteiger partial charge >= 0.3 is 0 Å². The number of rotatable bonds is 2. The Labute approximate surface area is 122 Å². The lowest BCUT2D eigenvalue weighted by Gasteiger charge is -2.12. The largest absolute Gasteiger partial charge is 0.495 e. The predicted octanol–water partition coefficient (Wildman–Crippen LogP) is 3.37. The fourth-order valence-corrected chi connectivity index (χ4v) is 2.45. The van der Waals surface area contributed by atoms with E-state index < -0.39 is 0 Å². The molecule has 0 radical (unpaired) electrons. The molecule has 0 atom stereocenters. The minimum atomic E-state index is -0.289. The molecule has 0 fully saturated rings. The molecule has 4 nitrogen and oxygen atoms in total. The molecule has 108 valence electrons. The van der Waals surface area contributed by atoms with Gasteiger partial charge < -0.3 is 10.5 Å². The molecule has 1 aromatic heterocycles. The molecule has 1 heterocycles. The molecule has 0 spiro atoms. The van der Waals surface area contributed by atoms with E-state index in [9.17, 15) is 4.39 Å². The van der Waals surface area contributed by atoms with Crippen LogP contribution >= 0.6 is 0 Å². The maximum absolute atomic E-state index is 13.7. The number of hydrogen-bond donors (Lipinski definition) is 1. The highest BCUT2D eigenvalue weighted by Gasteiger charge is 2.15. The number of imidazole rings is 1. The third-order valence-electron chi connectivity index (χ3n) is 3.54. The number of benzene rings is 2. The summed E-state index contributed by atoms with van der Waals surface area (Å²) < 4.78 is 20.9. The number of aryl methyl sites for hydroxylation is 2. The van der Waals surface area contributed by atoms with Gasteiger partial charge in [0.25, 0.3) is 0 Å². The van der Waals surface area contributed by atoms with Crippen molar-refractivity contribution in [2.24, 2.45) is 0 Å². The Hall–Kier alpha value is -2.56. The summed E-state index contributed by atoms with van der Waals surface area (Å²) in [6.07, 6.45) is 0. The van der Waals surface area contributed by atoms with Gasteiger partial charge in [0.05, 0.1) is 23.8 Å². The molecular weight excluding hydrogens is 269 g/mol. The van der Waals surface area contributed by atoms with Gasteiger partial charge in [-0.2, -0.15) is 0 Å². The summed E-state index contributed by atoms with van der Waals surface area (Å²) in [5.74, 6) is 0.704. The van der Waals surface area contributed by atoms with E-state index in [0.29, 0.717) is 22.8 Å². The molecule has 0 saturated heterocycles. The zero-order valence-electron chi connectivity index (χ0n) is 12.1. The lowest BCUT2D eigenvalue weighted by molar-refractivity contribution is 0.413. The van der Waals surface area contributed by atoms with Crippen molar-refractivity contribution in [2.45, 2.75) is 13.8 Å². The molecule has 3 aromatic rings. The van der Waals surface area contributed by atoms with Crippen LogP contribution in [0.4, 0.5) is 10.3 Å². The SMILES string of the molecule is COc1ccc(C)cc1-n1c(N)nc2cc(F)c(C)cc21. The van der Waals surface area contributed by atoms with Gasteiger partial charge in [-0.1, -0.05) is 6.07 Å². The maximum Gasteiger partial charge on any atom is 0.206 e. The molecule has 2 N–H and O–H groups in total. The lowest BCUT2D eigenvalue weighted by atomic mass is 10.1. The van der Waals surface area contributed by atoms with Gasteiger partial charge in [-0.05, 0) is 43.2 Å². The first-order chi connectivity index (χ1) is 10.0. The first kappa shape index (κ1) is 13.4. The lowest BCUT2D eigenvalue weighted by Crippen LogP contribution is -2.03. The van der Waals surface area contributed by atoms with Crippen molar-refractivity contribution < 1.29 is 9.13 Å². The number of nitrogen functional groups attached to an aromatic ring is 1. The van der Waals surface area contributed by atoms with Gasteiger partial charge in [0.15, 0.2) is 0 Å². The summed E-state index contributed by atoms with van der Waals surface area (Å²) >= 11 is 0. The molecule has 0 aliphatic rings. The van der Waals surface area contributed by atoms with Gasteiger partial charge in [-0.3, -0.25) is 4.57 Å². The maximum atomic E-state index is 13.7. The van der Waals surface area contributed by atoms with Crippen molar-refractivity contribution in [3.05, 3.63) is 47.3 Å².